The minimum atomic E-state index is -3.66. The van der Waals surface area contributed by atoms with Crippen molar-refractivity contribution in [3.8, 4) is 0 Å². The van der Waals surface area contributed by atoms with Crippen molar-refractivity contribution in [3.05, 3.63) is 64.1 Å². The molecule has 0 aliphatic carbocycles. The number of carbonyl (C=O) groups excluding carboxylic acids is 1. The average Bonchev–Trinajstić information content (AvgIpc) is 2.73. The van der Waals surface area contributed by atoms with Crippen LogP contribution in [0.5, 0.6) is 0 Å². The standard InChI is InChI=1S/C20H23BrN2O4S/c1-27-20(24)18-15-17(7-8-19(18)21)28(25,26)23-13-11-22(12-14-23)10-9-16-5-3-2-4-6-16/h2-8,15H,9-14H2,1H3. The van der Waals surface area contributed by atoms with Gasteiger partial charge in [0.25, 0.3) is 0 Å². The van der Waals surface area contributed by atoms with Crippen LogP contribution in [0.1, 0.15) is 15.9 Å². The molecule has 1 heterocycles. The minimum Gasteiger partial charge on any atom is -0.465 e. The molecule has 6 nitrogen and oxygen atoms in total. The molecule has 0 radical (unpaired) electrons. The smallest absolute Gasteiger partial charge is 0.339 e. The first-order chi connectivity index (χ1) is 13.4. The Morgan fingerprint density at radius 3 is 2.39 bits per heavy atom. The molecule has 2 aromatic carbocycles. The van der Waals surface area contributed by atoms with Crippen LogP contribution >= 0.6 is 15.9 Å². The van der Waals surface area contributed by atoms with Crippen molar-refractivity contribution >= 4 is 31.9 Å². The van der Waals surface area contributed by atoms with E-state index in [9.17, 15) is 13.2 Å². The van der Waals surface area contributed by atoms with Crippen molar-refractivity contribution in [3.63, 3.8) is 0 Å². The van der Waals surface area contributed by atoms with Gasteiger partial charge in [-0.3, -0.25) is 0 Å². The lowest BCUT2D eigenvalue weighted by atomic mass is 10.1. The molecule has 0 unspecified atom stereocenters. The summed E-state index contributed by atoms with van der Waals surface area (Å²) in [6.45, 7) is 3.14. The summed E-state index contributed by atoms with van der Waals surface area (Å²) in [4.78, 5) is 14.2. The summed E-state index contributed by atoms with van der Waals surface area (Å²) in [5.41, 5.74) is 1.48. The molecule has 1 fully saturated rings. The minimum absolute atomic E-state index is 0.105. The highest BCUT2D eigenvalue weighted by Crippen LogP contribution is 2.24. The van der Waals surface area contributed by atoms with Crippen LogP contribution in [0.25, 0.3) is 0 Å². The Balaban J connectivity index is 1.64. The summed E-state index contributed by atoms with van der Waals surface area (Å²) in [7, 11) is -2.39. The van der Waals surface area contributed by atoms with Crippen molar-refractivity contribution in [1.29, 1.82) is 0 Å². The molecule has 0 saturated carbocycles. The third-order valence-electron chi connectivity index (χ3n) is 4.87. The zero-order valence-electron chi connectivity index (χ0n) is 15.7. The molecule has 0 aromatic heterocycles. The molecule has 2 aromatic rings. The Bertz CT molecular complexity index is 926. The molecule has 1 aliphatic rings. The van der Waals surface area contributed by atoms with E-state index in [-0.39, 0.29) is 10.5 Å². The molecular weight excluding hydrogens is 444 g/mol. The number of halogens is 1. The molecule has 0 spiro atoms. The summed E-state index contributed by atoms with van der Waals surface area (Å²) in [6, 6.07) is 14.7. The van der Waals surface area contributed by atoms with E-state index in [1.807, 2.05) is 18.2 Å². The summed E-state index contributed by atoms with van der Waals surface area (Å²) in [5, 5.41) is 0. The first-order valence-electron chi connectivity index (χ1n) is 9.06. The number of piperazine rings is 1. The second-order valence-electron chi connectivity index (χ2n) is 6.61. The number of rotatable bonds is 6. The maximum absolute atomic E-state index is 13.0. The van der Waals surface area contributed by atoms with Crippen LogP contribution in [0.4, 0.5) is 0 Å². The van der Waals surface area contributed by atoms with Gasteiger partial charge in [-0.2, -0.15) is 4.31 Å². The lowest BCUT2D eigenvalue weighted by Crippen LogP contribution is -2.49. The van der Waals surface area contributed by atoms with Crippen LogP contribution in [-0.2, 0) is 21.2 Å². The Morgan fingerprint density at radius 2 is 1.75 bits per heavy atom. The molecule has 150 valence electrons. The largest absolute Gasteiger partial charge is 0.465 e. The number of hydrogen-bond acceptors (Lipinski definition) is 5. The molecule has 0 bridgehead atoms. The lowest BCUT2D eigenvalue weighted by Gasteiger charge is -2.34. The molecule has 1 saturated heterocycles. The number of methoxy groups -OCH3 is 1. The summed E-state index contributed by atoms with van der Waals surface area (Å²) in [5.74, 6) is -0.574. The highest BCUT2D eigenvalue weighted by atomic mass is 79.9. The fourth-order valence-corrected chi connectivity index (χ4v) is 5.06. The molecule has 28 heavy (non-hydrogen) atoms. The van der Waals surface area contributed by atoms with Crippen LogP contribution < -0.4 is 0 Å². The fraction of sp³-hybridized carbons (Fsp3) is 0.350. The van der Waals surface area contributed by atoms with Crippen LogP contribution in [-0.4, -0.2) is 63.4 Å². The normalized spacial score (nSPS) is 16.1. The average molecular weight is 467 g/mol. The van der Waals surface area contributed by atoms with E-state index in [0.29, 0.717) is 30.7 Å². The Morgan fingerprint density at radius 1 is 1.07 bits per heavy atom. The second kappa shape index (κ2) is 9.17. The third-order valence-corrected chi connectivity index (χ3v) is 7.46. The van der Waals surface area contributed by atoms with Gasteiger partial charge in [0.2, 0.25) is 10.0 Å². The van der Waals surface area contributed by atoms with E-state index in [0.717, 1.165) is 13.0 Å². The predicted octanol–water partition coefficient (Wildman–Crippen LogP) is 2.78. The predicted molar refractivity (Wildman–Crippen MR) is 111 cm³/mol. The number of esters is 1. The number of hydrogen-bond donors (Lipinski definition) is 0. The van der Waals surface area contributed by atoms with E-state index < -0.39 is 16.0 Å². The molecule has 0 amide bonds. The molecular formula is C20H23BrN2O4S. The van der Waals surface area contributed by atoms with Crippen molar-refractivity contribution in [1.82, 2.24) is 9.21 Å². The van der Waals surface area contributed by atoms with Gasteiger partial charge in [0.1, 0.15) is 0 Å². The van der Waals surface area contributed by atoms with E-state index in [4.69, 9.17) is 4.74 Å². The summed E-state index contributed by atoms with van der Waals surface area (Å²) in [6.07, 6.45) is 0.947. The van der Waals surface area contributed by atoms with E-state index in [2.05, 4.69) is 33.0 Å². The quantitative estimate of drug-likeness (QED) is 0.612. The highest BCUT2D eigenvalue weighted by molar-refractivity contribution is 9.10. The van der Waals surface area contributed by atoms with Gasteiger partial charge in [0.15, 0.2) is 0 Å². The lowest BCUT2D eigenvalue weighted by molar-refractivity contribution is 0.0599. The Labute approximate surface area is 174 Å². The van der Waals surface area contributed by atoms with Gasteiger partial charge < -0.3 is 9.64 Å². The number of sulfonamides is 1. The number of nitrogens with zero attached hydrogens (tertiary/aromatic N) is 2. The van der Waals surface area contributed by atoms with E-state index in [1.54, 1.807) is 6.07 Å². The van der Waals surface area contributed by atoms with Crippen LogP contribution in [0, 0.1) is 0 Å². The van der Waals surface area contributed by atoms with Gasteiger partial charge in [0.05, 0.1) is 17.6 Å². The van der Waals surface area contributed by atoms with Crippen molar-refractivity contribution < 1.29 is 17.9 Å². The van der Waals surface area contributed by atoms with E-state index in [1.165, 1.54) is 29.1 Å². The van der Waals surface area contributed by atoms with Crippen molar-refractivity contribution in [2.75, 3.05) is 39.8 Å². The highest BCUT2D eigenvalue weighted by Gasteiger charge is 2.29. The SMILES string of the molecule is COC(=O)c1cc(S(=O)(=O)N2CCN(CCc3ccccc3)CC2)ccc1Br. The second-order valence-corrected chi connectivity index (χ2v) is 9.41. The van der Waals surface area contributed by atoms with Gasteiger partial charge >= 0.3 is 5.97 Å². The summed E-state index contributed by atoms with van der Waals surface area (Å²) >= 11 is 3.26. The number of carbonyl (C=O) groups is 1. The molecule has 0 atom stereocenters. The van der Waals surface area contributed by atoms with Crippen LogP contribution in [0.2, 0.25) is 0 Å². The summed E-state index contributed by atoms with van der Waals surface area (Å²) < 4.78 is 32.7. The van der Waals surface area contributed by atoms with Gasteiger partial charge in [-0.15, -0.1) is 0 Å². The Hall–Kier alpha value is -1.74. The molecule has 3 rings (SSSR count). The first kappa shape index (κ1) is 21.0. The van der Waals surface area contributed by atoms with Gasteiger partial charge in [-0.05, 0) is 46.1 Å². The van der Waals surface area contributed by atoms with Crippen molar-refractivity contribution in [2.45, 2.75) is 11.3 Å². The van der Waals surface area contributed by atoms with Gasteiger partial charge in [-0.1, -0.05) is 30.3 Å². The molecule has 0 N–H and O–H groups in total. The van der Waals surface area contributed by atoms with Gasteiger partial charge in [0, 0.05) is 37.2 Å². The number of benzene rings is 2. The molecule has 8 heteroatoms. The van der Waals surface area contributed by atoms with Crippen molar-refractivity contribution in [2.24, 2.45) is 0 Å². The van der Waals surface area contributed by atoms with Gasteiger partial charge in [-0.25, -0.2) is 13.2 Å². The van der Waals surface area contributed by atoms with Crippen LogP contribution in [0.3, 0.4) is 0 Å². The maximum Gasteiger partial charge on any atom is 0.339 e. The zero-order valence-corrected chi connectivity index (χ0v) is 18.1. The number of ether oxygens (including phenoxy) is 1. The molecule has 1 aliphatic heterocycles. The fourth-order valence-electron chi connectivity index (χ4n) is 3.21. The third kappa shape index (κ3) is 4.81. The Kier molecular flexibility index (Phi) is 6.87. The first-order valence-corrected chi connectivity index (χ1v) is 11.3. The monoisotopic (exact) mass is 466 g/mol. The van der Waals surface area contributed by atoms with E-state index >= 15 is 0 Å². The zero-order chi connectivity index (χ0) is 20.1. The topological polar surface area (TPSA) is 66.9 Å². The maximum atomic E-state index is 13.0. The van der Waals surface area contributed by atoms with Crippen LogP contribution in [0.15, 0.2) is 57.9 Å².